The van der Waals surface area contributed by atoms with Crippen LogP contribution in [0.4, 0.5) is 5.13 Å². The predicted octanol–water partition coefficient (Wildman–Crippen LogP) is 1.21. The van der Waals surface area contributed by atoms with Crippen molar-refractivity contribution in [1.29, 1.82) is 0 Å². The topological polar surface area (TPSA) is 97.8 Å². The summed E-state index contributed by atoms with van der Waals surface area (Å²) in [7, 11) is 0. The molecule has 1 atom stereocenters. The van der Waals surface area contributed by atoms with Crippen LogP contribution >= 0.6 is 11.3 Å². The molecule has 0 radical (unpaired) electrons. The van der Waals surface area contributed by atoms with Crippen molar-refractivity contribution in [3.8, 4) is 0 Å². The van der Waals surface area contributed by atoms with Crippen molar-refractivity contribution in [2.24, 2.45) is 5.92 Å². The van der Waals surface area contributed by atoms with Gasteiger partial charge in [0.1, 0.15) is 0 Å². The van der Waals surface area contributed by atoms with Crippen LogP contribution in [0.3, 0.4) is 0 Å². The van der Waals surface area contributed by atoms with Crippen molar-refractivity contribution >= 4 is 34.3 Å². The second-order valence-electron chi connectivity index (χ2n) is 6.41. The van der Waals surface area contributed by atoms with Crippen LogP contribution in [0.1, 0.15) is 31.9 Å². The minimum atomic E-state index is -0.372. The Morgan fingerprint density at radius 3 is 2.92 bits per heavy atom. The Labute approximate surface area is 155 Å². The number of aromatic nitrogens is 1. The van der Waals surface area contributed by atoms with Gasteiger partial charge in [0.05, 0.1) is 24.6 Å². The van der Waals surface area contributed by atoms with Crippen LogP contribution < -0.4 is 5.32 Å². The highest BCUT2D eigenvalue weighted by Gasteiger charge is 2.38. The summed E-state index contributed by atoms with van der Waals surface area (Å²) in [6, 6.07) is 0.171. The van der Waals surface area contributed by atoms with Crippen LogP contribution in [0.15, 0.2) is 5.38 Å². The molecule has 2 aliphatic rings. The number of nitrogens with one attached hydrogen (secondary N) is 1. The van der Waals surface area contributed by atoms with E-state index in [0.29, 0.717) is 37.2 Å². The van der Waals surface area contributed by atoms with Crippen LogP contribution in [0.2, 0.25) is 0 Å². The first-order valence-electron chi connectivity index (χ1n) is 8.85. The molecule has 1 aromatic heterocycles. The zero-order valence-corrected chi connectivity index (χ0v) is 15.5. The highest BCUT2D eigenvalue weighted by atomic mass is 32.1. The Hall–Kier alpha value is -2.00. The number of carbonyl (C=O) groups is 3. The lowest BCUT2D eigenvalue weighted by atomic mass is 10.1. The standard InChI is InChI=1S/C17H23N3O5S/c1-2-25-15(22)8-12-10-26-17(18-12)19-16(23)11-7-14(21)20(9-11)13-3-5-24-6-4-13/h10-11,13H,2-9H2,1H3,(H,18,19,23). The molecule has 142 valence electrons. The molecule has 0 aliphatic carbocycles. The first kappa shape index (κ1) is 18.8. The van der Waals surface area contributed by atoms with E-state index in [4.69, 9.17) is 9.47 Å². The first-order chi connectivity index (χ1) is 12.6. The molecule has 1 unspecified atom stereocenters. The van der Waals surface area contributed by atoms with Crippen LogP contribution in [0.5, 0.6) is 0 Å². The van der Waals surface area contributed by atoms with E-state index in [1.54, 1.807) is 12.3 Å². The van der Waals surface area contributed by atoms with E-state index in [-0.39, 0.29) is 42.6 Å². The SMILES string of the molecule is CCOC(=O)Cc1csc(NC(=O)C2CC(=O)N(C3CCOCC3)C2)n1. The number of likely N-dealkylation sites (tertiary alicyclic amines) is 1. The Morgan fingerprint density at radius 2 is 2.19 bits per heavy atom. The van der Waals surface area contributed by atoms with Crippen LogP contribution in [0, 0.1) is 5.92 Å². The summed E-state index contributed by atoms with van der Waals surface area (Å²) in [5.74, 6) is -0.893. The van der Waals surface area contributed by atoms with Gasteiger partial charge in [-0.2, -0.15) is 0 Å². The zero-order chi connectivity index (χ0) is 18.5. The van der Waals surface area contributed by atoms with E-state index in [9.17, 15) is 14.4 Å². The molecule has 0 spiro atoms. The second kappa shape index (κ2) is 8.59. The van der Waals surface area contributed by atoms with E-state index in [1.807, 2.05) is 4.90 Å². The highest BCUT2D eigenvalue weighted by molar-refractivity contribution is 7.13. The lowest BCUT2D eigenvalue weighted by Crippen LogP contribution is -2.41. The van der Waals surface area contributed by atoms with Crippen molar-refractivity contribution in [2.75, 3.05) is 31.7 Å². The minimum Gasteiger partial charge on any atom is -0.466 e. The molecule has 26 heavy (non-hydrogen) atoms. The maximum absolute atomic E-state index is 12.5. The number of anilines is 1. The van der Waals surface area contributed by atoms with Crippen molar-refractivity contribution in [2.45, 2.75) is 38.6 Å². The van der Waals surface area contributed by atoms with Crippen molar-refractivity contribution in [3.05, 3.63) is 11.1 Å². The highest BCUT2D eigenvalue weighted by Crippen LogP contribution is 2.26. The number of ether oxygens (including phenoxy) is 2. The van der Waals surface area contributed by atoms with Gasteiger partial charge in [-0.25, -0.2) is 4.98 Å². The fourth-order valence-electron chi connectivity index (χ4n) is 3.27. The monoisotopic (exact) mass is 381 g/mol. The Balaban J connectivity index is 1.53. The first-order valence-corrected chi connectivity index (χ1v) is 9.73. The Kier molecular flexibility index (Phi) is 6.20. The molecule has 2 amide bonds. The number of rotatable bonds is 6. The lowest BCUT2D eigenvalue weighted by molar-refractivity contribution is -0.142. The fraction of sp³-hybridized carbons (Fsp3) is 0.647. The molecule has 1 N–H and O–H groups in total. The van der Waals surface area contributed by atoms with E-state index < -0.39 is 0 Å². The normalized spacial score (nSPS) is 21.0. The van der Waals surface area contributed by atoms with Crippen LogP contribution in [-0.4, -0.2) is 60.1 Å². The number of amides is 2. The number of hydrogen-bond acceptors (Lipinski definition) is 7. The summed E-state index contributed by atoms with van der Waals surface area (Å²) in [6.45, 7) is 3.83. The third-order valence-electron chi connectivity index (χ3n) is 4.57. The van der Waals surface area contributed by atoms with Crippen LogP contribution in [-0.2, 0) is 30.3 Å². The number of nitrogens with zero attached hydrogens (tertiary/aromatic N) is 2. The Morgan fingerprint density at radius 1 is 1.42 bits per heavy atom. The Bertz CT molecular complexity index is 671. The average Bonchev–Trinajstić information content (AvgIpc) is 3.22. The molecule has 9 heteroatoms. The summed E-state index contributed by atoms with van der Waals surface area (Å²) in [5.41, 5.74) is 0.565. The van der Waals surface area contributed by atoms with Gasteiger partial charge in [-0.05, 0) is 19.8 Å². The smallest absolute Gasteiger partial charge is 0.311 e. The minimum absolute atomic E-state index is 0.0270. The number of thiazole rings is 1. The largest absolute Gasteiger partial charge is 0.466 e. The van der Waals surface area contributed by atoms with Crippen molar-refractivity contribution in [3.63, 3.8) is 0 Å². The van der Waals surface area contributed by atoms with Gasteiger partial charge < -0.3 is 19.7 Å². The molecule has 3 rings (SSSR count). The maximum Gasteiger partial charge on any atom is 0.311 e. The molecular formula is C17H23N3O5S. The predicted molar refractivity (Wildman–Crippen MR) is 94.7 cm³/mol. The van der Waals surface area contributed by atoms with Crippen LogP contribution in [0.25, 0.3) is 0 Å². The van der Waals surface area contributed by atoms with Gasteiger partial charge in [0.25, 0.3) is 0 Å². The van der Waals surface area contributed by atoms with Gasteiger partial charge in [-0.15, -0.1) is 11.3 Å². The maximum atomic E-state index is 12.5. The van der Waals surface area contributed by atoms with E-state index in [2.05, 4.69) is 10.3 Å². The molecule has 2 fully saturated rings. The number of carbonyl (C=O) groups excluding carboxylic acids is 3. The molecule has 1 aromatic rings. The summed E-state index contributed by atoms with van der Waals surface area (Å²) < 4.78 is 10.2. The lowest BCUT2D eigenvalue weighted by Gasteiger charge is -2.31. The van der Waals surface area contributed by atoms with Gasteiger partial charge in [0.15, 0.2) is 5.13 Å². The molecular weight excluding hydrogens is 358 g/mol. The van der Waals surface area contributed by atoms with Crippen molar-refractivity contribution in [1.82, 2.24) is 9.88 Å². The third-order valence-corrected chi connectivity index (χ3v) is 5.38. The van der Waals surface area contributed by atoms with Gasteiger partial charge in [-0.1, -0.05) is 0 Å². The van der Waals surface area contributed by atoms with Gasteiger partial charge in [-0.3, -0.25) is 14.4 Å². The summed E-state index contributed by atoms with van der Waals surface area (Å²) in [5, 5.41) is 4.93. The fourth-order valence-corrected chi connectivity index (χ4v) is 3.98. The summed E-state index contributed by atoms with van der Waals surface area (Å²) in [6.07, 6.45) is 1.96. The number of esters is 1. The quantitative estimate of drug-likeness (QED) is 0.744. The third kappa shape index (κ3) is 4.59. The molecule has 0 bridgehead atoms. The number of hydrogen-bond donors (Lipinski definition) is 1. The van der Waals surface area contributed by atoms with Crippen molar-refractivity contribution < 1.29 is 23.9 Å². The molecule has 3 heterocycles. The molecule has 8 nitrogen and oxygen atoms in total. The average molecular weight is 381 g/mol. The van der Waals surface area contributed by atoms with E-state index in [0.717, 1.165) is 12.8 Å². The van der Waals surface area contributed by atoms with E-state index >= 15 is 0 Å². The second-order valence-corrected chi connectivity index (χ2v) is 7.26. The zero-order valence-electron chi connectivity index (χ0n) is 14.7. The van der Waals surface area contributed by atoms with Gasteiger partial charge in [0.2, 0.25) is 11.8 Å². The van der Waals surface area contributed by atoms with E-state index in [1.165, 1.54) is 11.3 Å². The molecule has 2 saturated heterocycles. The summed E-state index contributed by atoms with van der Waals surface area (Å²) >= 11 is 1.26. The molecule has 2 aliphatic heterocycles. The molecule has 0 aromatic carbocycles. The summed E-state index contributed by atoms with van der Waals surface area (Å²) in [4.78, 5) is 42.3. The van der Waals surface area contributed by atoms with Gasteiger partial charge >= 0.3 is 5.97 Å². The van der Waals surface area contributed by atoms with Gasteiger partial charge in [0, 0.05) is 37.6 Å². The molecule has 0 saturated carbocycles.